The number of amides is 2. The van der Waals surface area contributed by atoms with E-state index in [0.29, 0.717) is 0 Å². The Hall–Kier alpha value is -3.82. The van der Waals surface area contributed by atoms with Crippen molar-refractivity contribution in [3.8, 4) is 5.75 Å². The molecule has 0 heterocycles. The van der Waals surface area contributed by atoms with Crippen LogP contribution in [0, 0.1) is 15.9 Å². The number of hydrogen-bond acceptors (Lipinski definition) is 6. The third kappa shape index (κ3) is 4.84. The first kappa shape index (κ1) is 18.5. The maximum Gasteiger partial charge on any atom is 0.311 e. The van der Waals surface area contributed by atoms with Gasteiger partial charge in [0.05, 0.1) is 23.2 Å². The highest BCUT2D eigenvalue weighted by Crippen LogP contribution is 2.25. The molecule has 134 valence electrons. The lowest BCUT2D eigenvalue weighted by molar-refractivity contribution is -0.385. The third-order valence-corrected chi connectivity index (χ3v) is 3.13. The average molecular weight is 360 g/mol. The van der Waals surface area contributed by atoms with Crippen molar-refractivity contribution in [1.82, 2.24) is 10.7 Å². The van der Waals surface area contributed by atoms with Crippen LogP contribution in [0.15, 0.2) is 47.6 Å². The smallest absolute Gasteiger partial charge is 0.311 e. The SMILES string of the molecule is O=C(CNC(=O)c1ccccc1F)N/N=C/c1ccc(O)c([N+](=O)[O-])c1. The molecule has 3 N–H and O–H groups in total. The van der Waals surface area contributed by atoms with Crippen LogP contribution >= 0.6 is 0 Å². The Morgan fingerprint density at radius 3 is 2.69 bits per heavy atom. The van der Waals surface area contributed by atoms with E-state index < -0.39 is 40.5 Å². The van der Waals surface area contributed by atoms with Crippen LogP contribution in [0.25, 0.3) is 0 Å². The number of nitrogens with one attached hydrogen (secondary N) is 2. The van der Waals surface area contributed by atoms with E-state index >= 15 is 0 Å². The van der Waals surface area contributed by atoms with Gasteiger partial charge in [0.25, 0.3) is 11.8 Å². The molecule has 0 radical (unpaired) electrons. The summed E-state index contributed by atoms with van der Waals surface area (Å²) in [6.07, 6.45) is 1.13. The van der Waals surface area contributed by atoms with Crippen LogP contribution in [-0.4, -0.2) is 34.6 Å². The summed E-state index contributed by atoms with van der Waals surface area (Å²) < 4.78 is 13.4. The Bertz CT molecular complexity index is 885. The second-order valence-corrected chi connectivity index (χ2v) is 4.96. The molecule has 0 aliphatic rings. The molecule has 2 aromatic carbocycles. The summed E-state index contributed by atoms with van der Waals surface area (Å²) >= 11 is 0. The molecule has 0 aliphatic carbocycles. The standard InChI is InChI=1S/C16H13FN4O5/c17-12-4-2-1-3-11(12)16(24)18-9-15(23)20-19-8-10-5-6-14(22)13(7-10)21(25)26/h1-8,22H,9H2,(H,18,24)(H,20,23)/b19-8+. The van der Waals surface area contributed by atoms with Crippen LogP contribution in [-0.2, 0) is 4.79 Å². The van der Waals surface area contributed by atoms with Crippen molar-refractivity contribution in [2.75, 3.05) is 6.54 Å². The van der Waals surface area contributed by atoms with Gasteiger partial charge >= 0.3 is 5.69 Å². The van der Waals surface area contributed by atoms with Gasteiger partial charge in [0.1, 0.15) is 5.82 Å². The Balaban J connectivity index is 1.88. The fourth-order valence-electron chi connectivity index (χ4n) is 1.89. The lowest BCUT2D eigenvalue weighted by atomic mass is 10.2. The Morgan fingerprint density at radius 1 is 1.27 bits per heavy atom. The maximum absolute atomic E-state index is 13.4. The second kappa shape index (κ2) is 8.33. The van der Waals surface area contributed by atoms with Crippen LogP contribution in [0.3, 0.4) is 0 Å². The monoisotopic (exact) mass is 360 g/mol. The van der Waals surface area contributed by atoms with E-state index in [4.69, 9.17) is 0 Å². The van der Waals surface area contributed by atoms with Crippen LogP contribution in [0.4, 0.5) is 10.1 Å². The first-order chi connectivity index (χ1) is 12.4. The summed E-state index contributed by atoms with van der Waals surface area (Å²) in [4.78, 5) is 33.3. The number of benzene rings is 2. The minimum Gasteiger partial charge on any atom is -0.502 e. The van der Waals surface area contributed by atoms with Crippen molar-refractivity contribution in [1.29, 1.82) is 0 Å². The summed E-state index contributed by atoms with van der Waals surface area (Å²) in [5.41, 5.74) is 1.68. The number of nitrogens with zero attached hydrogens (tertiary/aromatic N) is 2. The predicted molar refractivity (Wildman–Crippen MR) is 89.2 cm³/mol. The fraction of sp³-hybridized carbons (Fsp3) is 0.0625. The first-order valence-corrected chi connectivity index (χ1v) is 7.20. The van der Waals surface area contributed by atoms with Crippen LogP contribution in [0.1, 0.15) is 15.9 Å². The van der Waals surface area contributed by atoms with Crippen LogP contribution in [0.2, 0.25) is 0 Å². The van der Waals surface area contributed by atoms with E-state index in [9.17, 15) is 29.2 Å². The highest BCUT2D eigenvalue weighted by atomic mass is 19.1. The number of aromatic hydroxyl groups is 1. The lowest BCUT2D eigenvalue weighted by Crippen LogP contribution is -2.35. The molecule has 10 heteroatoms. The Kier molecular flexibility index (Phi) is 5.93. The van der Waals surface area contributed by atoms with Gasteiger partial charge < -0.3 is 10.4 Å². The average Bonchev–Trinajstić information content (AvgIpc) is 2.61. The molecule has 0 atom stereocenters. The third-order valence-electron chi connectivity index (χ3n) is 3.13. The van der Waals surface area contributed by atoms with Gasteiger partial charge in [-0.25, -0.2) is 9.82 Å². The molecular weight excluding hydrogens is 347 g/mol. The van der Waals surface area contributed by atoms with Crippen molar-refractivity contribution < 1.29 is 24.0 Å². The highest BCUT2D eigenvalue weighted by molar-refractivity contribution is 5.96. The van der Waals surface area contributed by atoms with E-state index in [1.807, 2.05) is 0 Å². The minimum atomic E-state index is -0.760. The normalized spacial score (nSPS) is 10.5. The number of phenols is 1. The van der Waals surface area contributed by atoms with Crippen molar-refractivity contribution >= 4 is 23.7 Å². The van der Waals surface area contributed by atoms with E-state index in [-0.39, 0.29) is 11.1 Å². The topological polar surface area (TPSA) is 134 Å². The van der Waals surface area contributed by atoms with Gasteiger partial charge in [-0.2, -0.15) is 5.10 Å². The van der Waals surface area contributed by atoms with E-state index in [2.05, 4.69) is 15.8 Å². The number of hydrogen-bond donors (Lipinski definition) is 3. The second-order valence-electron chi connectivity index (χ2n) is 4.96. The zero-order valence-corrected chi connectivity index (χ0v) is 13.2. The Labute approximate surface area is 146 Å². The molecule has 2 aromatic rings. The number of carbonyl (C=O) groups is 2. The maximum atomic E-state index is 13.4. The van der Waals surface area contributed by atoms with Crippen molar-refractivity contribution in [2.24, 2.45) is 5.10 Å². The van der Waals surface area contributed by atoms with E-state index in [0.717, 1.165) is 24.4 Å². The minimum absolute atomic E-state index is 0.194. The van der Waals surface area contributed by atoms with Gasteiger partial charge in [-0.3, -0.25) is 19.7 Å². The summed E-state index contributed by atoms with van der Waals surface area (Å²) in [5, 5.41) is 25.9. The number of rotatable bonds is 6. The highest BCUT2D eigenvalue weighted by Gasteiger charge is 2.13. The van der Waals surface area contributed by atoms with E-state index in [1.54, 1.807) is 0 Å². The quantitative estimate of drug-likeness (QED) is 0.406. The molecule has 0 saturated heterocycles. The van der Waals surface area contributed by atoms with E-state index in [1.165, 1.54) is 24.3 Å². The van der Waals surface area contributed by atoms with Crippen molar-refractivity contribution in [2.45, 2.75) is 0 Å². The summed E-state index contributed by atoms with van der Waals surface area (Å²) in [6.45, 7) is -0.444. The molecule has 0 bridgehead atoms. The van der Waals surface area contributed by atoms with Crippen molar-refractivity contribution in [3.05, 3.63) is 69.5 Å². The van der Waals surface area contributed by atoms with Crippen molar-refractivity contribution in [3.63, 3.8) is 0 Å². The summed E-state index contributed by atoms with van der Waals surface area (Å²) in [7, 11) is 0. The fourth-order valence-corrected chi connectivity index (χ4v) is 1.89. The van der Waals surface area contributed by atoms with Crippen LogP contribution in [0.5, 0.6) is 5.75 Å². The largest absolute Gasteiger partial charge is 0.502 e. The van der Waals surface area contributed by atoms with Gasteiger partial charge in [0.15, 0.2) is 5.75 Å². The number of carbonyl (C=O) groups excluding carboxylic acids is 2. The van der Waals surface area contributed by atoms with Gasteiger partial charge in [0.2, 0.25) is 0 Å². The molecule has 9 nitrogen and oxygen atoms in total. The number of nitro benzene ring substituents is 1. The molecule has 0 aliphatic heterocycles. The molecule has 0 fully saturated rings. The van der Waals surface area contributed by atoms with Gasteiger partial charge in [-0.1, -0.05) is 12.1 Å². The van der Waals surface area contributed by atoms with Gasteiger partial charge in [-0.05, 0) is 24.3 Å². The van der Waals surface area contributed by atoms with Gasteiger partial charge in [-0.15, -0.1) is 0 Å². The lowest BCUT2D eigenvalue weighted by Gasteiger charge is -2.05. The van der Waals surface area contributed by atoms with Crippen LogP contribution < -0.4 is 10.7 Å². The Morgan fingerprint density at radius 2 is 2.00 bits per heavy atom. The number of hydrazone groups is 1. The number of phenolic OH excluding ortho intramolecular Hbond substituents is 1. The van der Waals surface area contributed by atoms with Gasteiger partial charge in [0, 0.05) is 11.6 Å². The zero-order chi connectivity index (χ0) is 19.1. The molecule has 0 unspecified atom stereocenters. The first-order valence-electron chi connectivity index (χ1n) is 7.20. The zero-order valence-electron chi connectivity index (χ0n) is 13.2. The number of nitro groups is 1. The molecule has 0 saturated carbocycles. The summed E-state index contributed by atoms with van der Waals surface area (Å²) in [5.74, 6) is -2.64. The molecular formula is C16H13FN4O5. The number of halogens is 1. The molecule has 26 heavy (non-hydrogen) atoms. The molecule has 2 amide bonds. The molecule has 0 spiro atoms. The molecule has 0 aromatic heterocycles. The predicted octanol–water partition coefficient (Wildman–Crippen LogP) is 1.32. The molecule has 2 rings (SSSR count). The summed E-state index contributed by atoms with van der Waals surface area (Å²) in [6, 6.07) is 8.87.